The summed E-state index contributed by atoms with van der Waals surface area (Å²) in [5, 5.41) is 0. The first-order valence-electron chi connectivity index (χ1n) is 5.73. The molecular formula is C13H15N5O. The van der Waals surface area contributed by atoms with Gasteiger partial charge in [0.1, 0.15) is 5.82 Å². The lowest BCUT2D eigenvalue weighted by Gasteiger charge is -2.20. The van der Waals surface area contributed by atoms with Gasteiger partial charge in [-0.2, -0.15) is 0 Å². The molecule has 2 rings (SSSR count). The SMILES string of the molecule is CN(Cc1cccnc1)c1ncc(N)cc1C(N)=O. The molecule has 0 atom stereocenters. The number of nitrogens with two attached hydrogens (primary N) is 2. The van der Waals surface area contributed by atoms with Crippen LogP contribution in [0.15, 0.2) is 36.8 Å². The molecule has 19 heavy (non-hydrogen) atoms. The van der Waals surface area contributed by atoms with Crippen LogP contribution in [0.25, 0.3) is 0 Å². The third-order valence-corrected chi connectivity index (χ3v) is 2.66. The second-order valence-corrected chi connectivity index (χ2v) is 4.22. The molecule has 98 valence electrons. The molecule has 0 aliphatic rings. The maximum Gasteiger partial charge on any atom is 0.252 e. The molecule has 0 fully saturated rings. The Kier molecular flexibility index (Phi) is 3.61. The largest absolute Gasteiger partial charge is 0.397 e. The highest BCUT2D eigenvalue weighted by Gasteiger charge is 2.14. The van der Waals surface area contributed by atoms with Gasteiger partial charge in [0.25, 0.3) is 5.91 Å². The molecule has 0 saturated heterocycles. The van der Waals surface area contributed by atoms with E-state index in [4.69, 9.17) is 11.5 Å². The average molecular weight is 257 g/mol. The molecule has 0 aliphatic carbocycles. The van der Waals surface area contributed by atoms with Gasteiger partial charge in [-0.15, -0.1) is 0 Å². The zero-order chi connectivity index (χ0) is 13.8. The third kappa shape index (κ3) is 2.98. The number of amides is 1. The van der Waals surface area contributed by atoms with Gasteiger partial charge >= 0.3 is 0 Å². The smallest absolute Gasteiger partial charge is 0.252 e. The number of hydrogen-bond acceptors (Lipinski definition) is 5. The molecule has 0 aromatic carbocycles. The molecule has 6 heteroatoms. The Morgan fingerprint density at radius 1 is 1.42 bits per heavy atom. The van der Waals surface area contributed by atoms with E-state index < -0.39 is 5.91 Å². The summed E-state index contributed by atoms with van der Waals surface area (Å²) in [5.74, 6) is -0.0432. The van der Waals surface area contributed by atoms with Crippen LogP contribution in [-0.2, 0) is 6.54 Å². The molecule has 0 aliphatic heterocycles. The summed E-state index contributed by atoms with van der Waals surface area (Å²) < 4.78 is 0. The molecule has 4 N–H and O–H groups in total. The van der Waals surface area contributed by atoms with Crippen LogP contribution in [0.3, 0.4) is 0 Å². The fourth-order valence-corrected chi connectivity index (χ4v) is 1.80. The summed E-state index contributed by atoms with van der Waals surface area (Å²) >= 11 is 0. The van der Waals surface area contributed by atoms with Crippen LogP contribution < -0.4 is 16.4 Å². The highest BCUT2D eigenvalue weighted by molar-refractivity contribution is 5.98. The summed E-state index contributed by atoms with van der Waals surface area (Å²) in [6.07, 6.45) is 4.97. The van der Waals surface area contributed by atoms with Crippen molar-refractivity contribution in [3.63, 3.8) is 0 Å². The van der Waals surface area contributed by atoms with Crippen LogP contribution in [0.5, 0.6) is 0 Å². The van der Waals surface area contributed by atoms with E-state index in [1.54, 1.807) is 12.4 Å². The molecule has 2 heterocycles. The van der Waals surface area contributed by atoms with Crippen LogP contribution in [0, 0.1) is 0 Å². The van der Waals surface area contributed by atoms with Crippen LogP contribution in [0.4, 0.5) is 11.5 Å². The van der Waals surface area contributed by atoms with Gasteiger partial charge in [-0.1, -0.05) is 6.07 Å². The number of pyridine rings is 2. The lowest BCUT2D eigenvalue weighted by molar-refractivity contribution is 0.100. The predicted octanol–water partition coefficient (Wildman–Crippen LogP) is 0.794. The molecular weight excluding hydrogens is 242 g/mol. The first kappa shape index (κ1) is 12.8. The van der Waals surface area contributed by atoms with Gasteiger partial charge < -0.3 is 16.4 Å². The predicted molar refractivity (Wildman–Crippen MR) is 73.5 cm³/mol. The Bertz CT molecular complexity index is 585. The van der Waals surface area contributed by atoms with E-state index in [0.29, 0.717) is 23.6 Å². The highest BCUT2D eigenvalue weighted by Crippen LogP contribution is 2.20. The lowest BCUT2D eigenvalue weighted by Crippen LogP contribution is -2.23. The number of hydrogen-bond donors (Lipinski definition) is 2. The number of primary amides is 1. The van der Waals surface area contributed by atoms with Crippen molar-refractivity contribution in [1.82, 2.24) is 9.97 Å². The van der Waals surface area contributed by atoms with Crippen molar-refractivity contribution in [1.29, 1.82) is 0 Å². The highest BCUT2D eigenvalue weighted by atomic mass is 16.1. The van der Waals surface area contributed by atoms with E-state index in [-0.39, 0.29) is 0 Å². The minimum atomic E-state index is -0.548. The number of nitrogens with zero attached hydrogens (tertiary/aromatic N) is 3. The van der Waals surface area contributed by atoms with Gasteiger partial charge in [-0.05, 0) is 17.7 Å². The average Bonchev–Trinajstić information content (AvgIpc) is 2.39. The second-order valence-electron chi connectivity index (χ2n) is 4.22. The first-order chi connectivity index (χ1) is 9.08. The second kappa shape index (κ2) is 5.34. The van der Waals surface area contributed by atoms with Gasteiger partial charge in [0, 0.05) is 26.0 Å². The Morgan fingerprint density at radius 3 is 2.84 bits per heavy atom. The minimum absolute atomic E-state index is 0.311. The zero-order valence-corrected chi connectivity index (χ0v) is 10.6. The number of carbonyl (C=O) groups excluding carboxylic acids is 1. The Balaban J connectivity index is 2.28. The van der Waals surface area contributed by atoms with E-state index in [0.717, 1.165) is 5.56 Å². The molecule has 0 radical (unpaired) electrons. The normalized spacial score (nSPS) is 10.2. The van der Waals surface area contributed by atoms with Gasteiger partial charge in [0.05, 0.1) is 17.4 Å². The summed E-state index contributed by atoms with van der Waals surface area (Å²) in [7, 11) is 1.83. The molecule has 0 unspecified atom stereocenters. The topological polar surface area (TPSA) is 98.1 Å². The summed E-state index contributed by atoms with van der Waals surface area (Å²) in [6, 6.07) is 5.34. The van der Waals surface area contributed by atoms with E-state index >= 15 is 0 Å². The number of anilines is 2. The maximum absolute atomic E-state index is 11.4. The monoisotopic (exact) mass is 257 g/mol. The van der Waals surface area contributed by atoms with Gasteiger partial charge in [-0.3, -0.25) is 9.78 Å². The molecule has 2 aromatic heterocycles. The first-order valence-corrected chi connectivity index (χ1v) is 5.73. The Hall–Kier alpha value is -2.63. The van der Waals surface area contributed by atoms with Gasteiger partial charge in [-0.25, -0.2) is 4.98 Å². The van der Waals surface area contributed by atoms with Crippen molar-refractivity contribution in [2.24, 2.45) is 5.73 Å². The molecule has 0 spiro atoms. The maximum atomic E-state index is 11.4. The fraction of sp³-hybridized carbons (Fsp3) is 0.154. The van der Waals surface area contributed by atoms with Gasteiger partial charge in [0.2, 0.25) is 0 Å². The quantitative estimate of drug-likeness (QED) is 0.844. The summed E-state index contributed by atoms with van der Waals surface area (Å²) in [5.41, 5.74) is 12.7. The summed E-state index contributed by atoms with van der Waals surface area (Å²) in [6.45, 7) is 0.574. The number of rotatable bonds is 4. The van der Waals surface area contributed by atoms with Crippen molar-refractivity contribution < 1.29 is 4.79 Å². The van der Waals surface area contributed by atoms with E-state index in [1.165, 1.54) is 12.3 Å². The lowest BCUT2D eigenvalue weighted by atomic mass is 10.2. The fourth-order valence-electron chi connectivity index (χ4n) is 1.80. The zero-order valence-electron chi connectivity index (χ0n) is 10.6. The number of nitrogen functional groups attached to an aromatic ring is 1. The van der Waals surface area contributed by atoms with Gasteiger partial charge in [0.15, 0.2) is 0 Å². The molecule has 6 nitrogen and oxygen atoms in total. The number of carbonyl (C=O) groups is 1. The molecule has 0 saturated carbocycles. The Labute approximate surface area is 111 Å². The van der Waals surface area contributed by atoms with Crippen molar-refractivity contribution in [2.45, 2.75) is 6.54 Å². The third-order valence-electron chi connectivity index (χ3n) is 2.66. The Morgan fingerprint density at radius 2 is 2.21 bits per heavy atom. The van der Waals surface area contributed by atoms with Crippen LogP contribution in [-0.4, -0.2) is 22.9 Å². The molecule has 1 amide bonds. The van der Waals surface area contributed by atoms with Crippen molar-refractivity contribution >= 4 is 17.4 Å². The van der Waals surface area contributed by atoms with E-state index in [9.17, 15) is 4.79 Å². The van der Waals surface area contributed by atoms with E-state index in [2.05, 4.69) is 9.97 Å². The van der Waals surface area contributed by atoms with Crippen molar-refractivity contribution in [3.05, 3.63) is 47.9 Å². The summed E-state index contributed by atoms with van der Waals surface area (Å²) in [4.78, 5) is 21.5. The minimum Gasteiger partial charge on any atom is -0.397 e. The number of aromatic nitrogens is 2. The van der Waals surface area contributed by atoms with Crippen LogP contribution >= 0.6 is 0 Å². The van der Waals surface area contributed by atoms with Crippen molar-refractivity contribution in [2.75, 3.05) is 17.7 Å². The molecule has 2 aromatic rings. The van der Waals surface area contributed by atoms with Crippen LogP contribution in [0.2, 0.25) is 0 Å². The molecule has 0 bridgehead atoms. The van der Waals surface area contributed by atoms with Crippen molar-refractivity contribution in [3.8, 4) is 0 Å². The van der Waals surface area contributed by atoms with Crippen LogP contribution in [0.1, 0.15) is 15.9 Å². The standard InChI is InChI=1S/C13H15N5O/c1-18(8-9-3-2-4-16-6-9)13-11(12(15)19)5-10(14)7-17-13/h2-7H,8,14H2,1H3,(H2,15,19). The van der Waals surface area contributed by atoms with E-state index in [1.807, 2.05) is 24.1 Å².